The molecule has 0 aliphatic carbocycles. The summed E-state index contributed by atoms with van der Waals surface area (Å²) in [5.74, 6) is -4.71. The fourth-order valence-electron chi connectivity index (χ4n) is 2.69. The summed E-state index contributed by atoms with van der Waals surface area (Å²) < 4.78 is 26.6. The Hall–Kier alpha value is -3.08. The third kappa shape index (κ3) is 5.35. The van der Waals surface area contributed by atoms with Crippen molar-refractivity contribution in [3.8, 4) is 0 Å². The van der Waals surface area contributed by atoms with E-state index in [4.69, 9.17) is 0 Å². The first-order valence-corrected chi connectivity index (χ1v) is 8.59. The Morgan fingerprint density at radius 2 is 1.68 bits per heavy atom. The molecule has 0 aliphatic rings. The summed E-state index contributed by atoms with van der Waals surface area (Å²) in [4.78, 5) is 36.9. The number of aromatic amines is 1. The molecule has 0 spiro atoms. The van der Waals surface area contributed by atoms with E-state index < -0.39 is 29.4 Å². The van der Waals surface area contributed by atoms with E-state index >= 15 is 0 Å². The van der Waals surface area contributed by atoms with Crippen LogP contribution in [0, 0.1) is 18.6 Å². The summed E-state index contributed by atoms with van der Waals surface area (Å²) in [7, 11) is 1.47. The average Bonchev–Trinajstić information content (AvgIpc) is 3.18. The van der Waals surface area contributed by atoms with Crippen molar-refractivity contribution in [2.45, 2.75) is 6.92 Å². The van der Waals surface area contributed by atoms with Gasteiger partial charge in [0.2, 0.25) is 0 Å². The number of benzene rings is 2. The molecular weight excluding hydrogens is 421 g/mol. The van der Waals surface area contributed by atoms with Gasteiger partial charge in [-0.3, -0.25) is 14.7 Å². The predicted octanol–water partition coefficient (Wildman–Crippen LogP) is -1.11. The number of hydrogen-bond donors (Lipinski definition) is 2. The maximum Gasteiger partial charge on any atom is 1.00 e. The Balaban J connectivity index is 0.00000341. The van der Waals surface area contributed by atoms with Gasteiger partial charge in [0.15, 0.2) is 17.3 Å². The zero-order valence-corrected chi connectivity index (χ0v) is 18.8. The summed E-state index contributed by atoms with van der Waals surface area (Å²) in [5, 5.41) is 19.6. The van der Waals surface area contributed by atoms with Gasteiger partial charge in [-0.2, -0.15) is 5.10 Å². The van der Waals surface area contributed by atoms with Crippen LogP contribution in [-0.2, 0) is 0 Å². The number of anilines is 2. The van der Waals surface area contributed by atoms with E-state index in [1.54, 1.807) is 0 Å². The summed E-state index contributed by atoms with van der Waals surface area (Å²) in [6.07, 6.45) is 0. The van der Waals surface area contributed by atoms with Crippen LogP contribution in [-0.4, -0.2) is 35.0 Å². The predicted molar refractivity (Wildman–Crippen MR) is 101 cm³/mol. The topological polar surface area (TPSA) is 118 Å². The molecule has 0 radical (unpaired) electrons. The fraction of sp³-hybridized carbons (Fsp3) is 0.100. The van der Waals surface area contributed by atoms with Crippen LogP contribution < -0.4 is 44.9 Å². The van der Waals surface area contributed by atoms with E-state index in [2.05, 4.69) is 15.5 Å². The summed E-state index contributed by atoms with van der Waals surface area (Å²) in [6, 6.07) is 8.44. The quantitative estimate of drug-likeness (QED) is 0.492. The molecule has 2 aromatic carbocycles. The number of aromatic carboxylic acids is 1. The van der Waals surface area contributed by atoms with E-state index in [1.165, 1.54) is 49.2 Å². The molecule has 0 unspecified atom stereocenters. The van der Waals surface area contributed by atoms with Crippen molar-refractivity contribution < 1.29 is 57.8 Å². The minimum absolute atomic E-state index is 0. The Bertz CT molecular complexity index is 1150. The molecule has 8 nitrogen and oxygen atoms in total. The molecular formula is C20H15F2N4NaO4. The zero-order chi connectivity index (χ0) is 22.0. The molecule has 3 aromatic rings. The van der Waals surface area contributed by atoms with Crippen LogP contribution in [0.1, 0.15) is 36.8 Å². The van der Waals surface area contributed by atoms with Crippen LogP contribution in [0.2, 0.25) is 0 Å². The Morgan fingerprint density at radius 1 is 1.06 bits per heavy atom. The van der Waals surface area contributed by atoms with E-state index in [1.807, 2.05) is 0 Å². The number of carboxylic acids is 1. The van der Waals surface area contributed by atoms with Gasteiger partial charge in [-0.15, -0.1) is 0 Å². The van der Waals surface area contributed by atoms with Crippen molar-refractivity contribution >= 4 is 29.3 Å². The SMILES string of the molecule is Cc1cc(F)c(F)cc1C(=O)Nc1cc(C(=O)N(C)c2ccc(C(=O)[O-])cc2)n[nH]1.[Na+]. The number of hydrogen-bond acceptors (Lipinski definition) is 5. The largest absolute Gasteiger partial charge is 1.00 e. The normalized spacial score (nSPS) is 10.2. The number of amides is 2. The number of nitrogens with one attached hydrogen (secondary N) is 2. The molecule has 1 aromatic heterocycles. The first-order chi connectivity index (χ1) is 14.2. The van der Waals surface area contributed by atoms with Gasteiger partial charge >= 0.3 is 29.6 Å². The van der Waals surface area contributed by atoms with Gasteiger partial charge in [0.05, 0.1) is 5.97 Å². The molecule has 0 aliphatic heterocycles. The molecule has 2 N–H and O–H groups in total. The smallest absolute Gasteiger partial charge is 0.545 e. The van der Waals surface area contributed by atoms with E-state index in [0.717, 1.165) is 12.1 Å². The van der Waals surface area contributed by atoms with Crippen molar-refractivity contribution in [3.05, 3.63) is 76.5 Å². The molecule has 0 fully saturated rings. The van der Waals surface area contributed by atoms with Crippen molar-refractivity contribution in [2.75, 3.05) is 17.3 Å². The van der Waals surface area contributed by atoms with Gasteiger partial charge in [-0.25, -0.2) is 8.78 Å². The van der Waals surface area contributed by atoms with Crippen LogP contribution in [0.15, 0.2) is 42.5 Å². The molecule has 11 heteroatoms. The third-order valence-electron chi connectivity index (χ3n) is 4.35. The third-order valence-corrected chi connectivity index (χ3v) is 4.35. The van der Waals surface area contributed by atoms with Gasteiger partial charge < -0.3 is 20.1 Å². The Labute approximate surface area is 197 Å². The maximum absolute atomic E-state index is 13.4. The van der Waals surface area contributed by atoms with Crippen molar-refractivity contribution in [3.63, 3.8) is 0 Å². The van der Waals surface area contributed by atoms with Crippen molar-refractivity contribution in [2.24, 2.45) is 0 Å². The molecule has 31 heavy (non-hydrogen) atoms. The number of carboxylic acid groups (broad SMARTS) is 1. The molecule has 0 saturated carbocycles. The van der Waals surface area contributed by atoms with Gasteiger partial charge in [-0.05, 0) is 42.3 Å². The molecule has 0 atom stereocenters. The molecule has 0 saturated heterocycles. The molecule has 0 bridgehead atoms. The van der Waals surface area contributed by atoms with Crippen LogP contribution in [0.5, 0.6) is 0 Å². The number of carbonyl (C=O) groups is 3. The van der Waals surface area contributed by atoms with E-state index in [0.29, 0.717) is 5.69 Å². The monoisotopic (exact) mass is 436 g/mol. The van der Waals surface area contributed by atoms with E-state index in [-0.39, 0.29) is 57.8 Å². The molecule has 1 heterocycles. The summed E-state index contributed by atoms with van der Waals surface area (Å²) >= 11 is 0. The average molecular weight is 436 g/mol. The van der Waals surface area contributed by atoms with Gasteiger partial charge in [0.1, 0.15) is 5.82 Å². The maximum atomic E-state index is 13.4. The number of nitrogens with zero attached hydrogens (tertiary/aromatic N) is 2. The number of aromatic nitrogens is 2. The Morgan fingerprint density at radius 3 is 2.29 bits per heavy atom. The van der Waals surface area contributed by atoms with Gasteiger partial charge in [-0.1, -0.05) is 12.1 Å². The van der Waals surface area contributed by atoms with Crippen LogP contribution >= 0.6 is 0 Å². The minimum Gasteiger partial charge on any atom is -0.545 e. The van der Waals surface area contributed by atoms with Crippen LogP contribution in [0.25, 0.3) is 0 Å². The number of halogens is 2. The van der Waals surface area contributed by atoms with Crippen LogP contribution in [0.3, 0.4) is 0 Å². The second-order valence-corrected chi connectivity index (χ2v) is 6.40. The first-order valence-electron chi connectivity index (χ1n) is 8.59. The minimum atomic E-state index is -1.33. The van der Waals surface area contributed by atoms with Gasteiger partial charge in [0, 0.05) is 24.4 Å². The molecule has 154 valence electrons. The van der Waals surface area contributed by atoms with Crippen molar-refractivity contribution in [1.82, 2.24) is 10.2 Å². The number of H-pyrrole nitrogens is 1. The Kier molecular flexibility index (Phi) is 7.66. The molecule has 3 rings (SSSR count). The standard InChI is InChI=1S/C20H16F2N4O4.Na/c1-10-7-14(21)15(22)8-13(10)18(27)23-17-9-16(24-25-17)19(28)26(2)12-5-3-11(4-6-12)20(29)30;/h3-9H,1-2H3,(H,29,30)(H2,23,24,25,27);/q;+1/p-1. The van der Waals surface area contributed by atoms with Gasteiger partial charge in [0.25, 0.3) is 11.8 Å². The fourth-order valence-corrected chi connectivity index (χ4v) is 2.69. The summed E-state index contributed by atoms with van der Waals surface area (Å²) in [6.45, 7) is 1.46. The van der Waals surface area contributed by atoms with E-state index in [9.17, 15) is 28.3 Å². The van der Waals surface area contributed by atoms with Crippen LogP contribution in [0.4, 0.5) is 20.3 Å². The van der Waals surface area contributed by atoms with Crippen molar-refractivity contribution in [1.29, 1.82) is 0 Å². The number of aryl methyl sites for hydroxylation is 1. The number of carbonyl (C=O) groups excluding carboxylic acids is 3. The molecule has 2 amide bonds. The zero-order valence-electron chi connectivity index (χ0n) is 16.8. The summed E-state index contributed by atoms with van der Waals surface area (Å²) in [5.41, 5.74) is 0.523. The first kappa shape index (κ1) is 24.2. The second kappa shape index (κ2) is 9.82. The number of rotatable bonds is 5. The second-order valence-electron chi connectivity index (χ2n) is 6.40.